The number of amides is 2. The fraction of sp³-hybridized carbons (Fsp3) is 0.494. The zero-order chi connectivity index (χ0) is 78.2. The Bertz CT molecular complexity index is 5060. The van der Waals surface area contributed by atoms with E-state index in [0.717, 1.165) is 124 Å². The second kappa shape index (κ2) is 34.9. The van der Waals surface area contributed by atoms with Crippen LogP contribution in [0, 0.1) is 0 Å². The highest BCUT2D eigenvalue weighted by atomic mass is 32.2. The molecule has 5 aromatic carbocycles. The number of hydrogen-bond acceptors (Lipinski definition) is 13. The van der Waals surface area contributed by atoms with Crippen molar-refractivity contribution in [1.82, 2.24) is 62.3 Å². The van der Waals surface area contributed by atoms with Crippen molar-refractivity contribution < 1.29 is 45.1 Å². The van der Waals surface area contributed by atoms with E-state index in [1.54, 1.807) is 22.5 Å². The van der Waals surface area contributed by atoms with E-state index < -0.39 is 30.1 Å². The van der Waals surface area contributed by atoms with Gasteiger partial charge >= 0.3 is 0 Å². The molecule has 15 rings (SSSR count). The van der Waals surface area contributed by atoms with Crippen LogP contribution >= 0.6 is 0 Å². The lowest BCUT2D eigenvalue weighted by atomic mass is 9.72. The molecule has 2 amide bonds. The number of hydrogen-bond donors (Lipinski definition) is 7. The Morgan fingerprint density at radius 3 is 1.10 bits per heavy atom. The molecule has 4 atom stereocenters. The van der Waals surface area contributed by atoms with Crippen LogP contribution in [-0.4, -0.2) is 268 Å². The van der Waals surface area contributed by atoms with Crippen molar-refractivity contribution in [3.05, 3.63) is 180 Å². The van der Waals surface area contributed by atoms with Crippen LogP contribution in [0.2, 0.25) is 0 Å². The van der Waals surface area contributed by atoms with Gasteiger partial charge in [-0.25, -0.2) is 33.9 Å². The number of nitrogens with one attached hydrogen (secondary N) is 5. The second-order valence-electron chi connectivity index (χ2n) is 31.9. The molecule has 0 radical (unpaired) electrons. The number of rotatable bonds is 16. The second-order valence-corrected chi connectivity index (χ2v) is 37.8. The number of likely N-dealkylation sites (N-methyl/N-ethyl adjacent to an activating group) is 3. The van der Waals surface area contributed by atoms with Gasteiger partial charge in [-0.15, -0.1) is 0 Å². The summed E-state index contributed by atoms with van der Waals surface area (Å²) in [6, 6.07) is 41.7. The fourth-order valence-corrected chi connectivity index (χ4v) is 20.8. The highest BCUT2D eigenvalue weighted by Crippen LogP contribution is 2.44. The number of benzene rings is 5. The minimum atomic E-state index is -3.16. The Balaban J connectivity index is 0.000000135. The number of H-pyrrole nitrogens is 5. The lowest BCUT2D eigenvalue weighted by molar-refractivity contribution is -0.133. The molecule has 23 nitrogen and oxygen atoms in total. The van der Waals surface area contributed by atoms with E-state index in [2.05, 4.69) is 159 Å². The molecule has 0 saturated carbocycles. The van der Waals surface area contributed by atoms with Gasteiger partial charge in [0.1, 0.15) is 0 Å². The number of likely N-dealkylation sites (tertiary alicyclic amines) is 2. The van der Waals surface area contributed by atoms with Gasteiger partial charge in [-0.2, -0.15) is 4.31 Å². The van der Waals surface area contributed by atoms with Gasteiger partial charge in [0, 0.05) is 200 Å². The topological polar surface area (TPSA) is 282 Å². The molecule has 109 heavy (non-hydrogen) atoms. The SMILES string of the molecule is CC(=O)N1CCC(CO)(c2c[nH]c3ccccc23)CC1.CC(=O)N1CCC(c2c[nH]c3ccccc23)CC1CN(C)C.CN(C)CC1(c2c[nH]c3ccccc23)CCN(S(C)(=O)=O)CC1.CN(C)CC1CC(c2c[nH]c3ccccc23)CCN1S(C)(=O)=O.CS(=O)(=O)N1CCC(CO)(c2c[nH]c3ccccc23)CC1. The third-order valence-electron chi connectivity index (χ3n) is 23.7. The number of fused-ring (bicyclic) bond motifs is 5. The number of carbonyl (C=O) groups excluding carboxylic acids is 2. The molecule has 26 heteroatoms. The van der Waals surface area contributed by atoms with Gasteiger partial charge in [-0.1, -0.05) is 91.0 Å². The first-order valence-electron chi connectivity index (χ1n) is 38.2. The van der Waals surface area contributed by atoms with Gasteiger partial charge in [0.2, 0.25) is 41.9 Å². The number of aliphatic hydroxyl groups excluding tert-OH is 2. The molecule has 5 saturated heterocycles. The summed E-state index contributed by atoms with van der Waals surface area (Å²) in [7, 11) is 2.90. The number of carbonyl (C=O) groups is 2. The summed E-state index contributed by atoms with van der Waals surface area (Å²) in [5.41, 5.74) is 11.4. The Labute approximate surface area is 644 Å². The van der Waals surface area contributed by atoms with E-state index in [4.69, 9.17) is 0 Å². The summed E-state index contributed by atoms with van der Waals surface area (Å²) >= 11 is 0. The fourth-order valence-electron chi connectivity index (χ4n) is 18.0. The molecule has 4 unspecified atom stereocenters. The zero-order valence-corrected chi connectivity index (χ0v) is 67.9. The molecule has 590 valence electrons. The maximum Gasteiger partial charge on any atom is 0.219 e. The third kappa shape index (κ3) is 19.1. The number of para-hydroxylation sites is 5. The van der Waals surface area contributed by atoms with Gasteiger partial charge in [0.05, 0.1) is 32.0 Å². The minimum absolute atomic E-state index is 0.00963. The molecule has 10 heterocycles. The number of aromatic nitrogens is 5. The molecule has 5 fully saturated rings. The average molecular weight is 1550 g/mol. The van der Waals surface area contributed by atoms with E-state index in [9.17, 15) is 45.1 Å². The standard InChI is InChI=1S/C18H25N3O.2C17H25N3O2S.C16H20N2O2.C15H20N2O3S/c1-13(22)21-9-8-14(10-15(21)12-20(2)3)17-11-19-18-7-5-4-6-16(17)18;1-19(2)13-17(8-10-20(11-9-17)23(3,21)22)15-12-18-16-7-5-4-6-14(15)16;1-19(2)12-14-10-13(8-9-20(14)23(3,21)22)16-11-18-17-7-5-4-6-15(16)17;1-12(20)18-8-6-16(11-19,7-9-18)14-10-17-15-5-3-2-4-13(14)15;1-21(19,20)17-8-6-15(11-18,7-9-17)13-10-16-14-5-3-2-4-12(13)14/h4-7,11,14-15,19H,8-10,12H2,1-3H3;4-7,12,18H,8-11,13H2,1-3H3;4-7,11,13-14,18H,8-10,12H2,1-3H3;2-5,10,17,19H,6-9,11H2,1H3;2-5,10,16,18H,6-9,11H2,1H3. The number of sulfonamides is 3. The summed E-state index contributed by atoms with van der Waals surface area (Å²) in [6.07, 6.45) is 22.6. The van der Waals surface area contributed by atoms with Crippen LogP contribution in [0.15, 0.2) is 152 Å². The Morgan fingerprint density at radius 1 is 0.413 bits per heavy atom. The Kier molecular flexibility index (Phi) is 26.3. The predicted octanol–water partition coefficient (Wildman–Crippen LogP) is 10.6. The van der Waals surface area contributed by atoms with Crippen LogP contribution in [0.25, 0.3) is 54.5 Å². The molecule has 10 aromatic rings. The first kappa shape index (κ1) is 82.2. The quantitative estimate of drug-likeness (QED) is 0.0474. The maximum atomic E-state index is 12.1. The van der Waals surface area contributed by atoms with Gasteiger partial charge in [-0.05, 0) is 176 Å². The lowest BCUT2D eigenvalue weighted by Gasteiger charge is -2.42. The maximum absolute atomic E-state index is 12.1. The van der Waals surface area contributed by atoms with Crippen molar-refractivity contribution in [2.24, 2.45) is 0 Å². The summed E-state index contributed by atoms with van der Waals surface area (Å²) in [5.74, 6) is 1.24. The molecular formula is C83H115N13O10S3. The van der Waals surface area contributed by atoms with E-state index in [-0.39, 0.29) is 47.3 Å². The molecule has 0 spiro atoms. The van der Waals surface area contributed by atoms with Crippen molar-refractivity contribution in [2.75, 3.05) is 146 Å². The number of aliphatic hydroxyl groups is 2. The van der Waals surface area contributed by atoms with Crippen molar-refractivity contribution >= 4 is 96.4 Å². The Morgan fingerprint density at radius 2 is 0.743 bits per heavy atom. The van der Waals surface area contributed by atoms with E-state index in [0.29, 0.717) is 63.4 Å². The molecule has 5 aliphatic rings. The van der Waals surface area contributed by atoms with Crippen LogP contribution in [0.4, 0.5) is 0 Å². The molecule has 5 aliphatic heterocycles. The molecule has 5 aromatic heterocycles. The number of nitrogens with zero attached hydrogens (tertiary/aromatic N) is 8. The molecule has 7 N–H and O–H groups in total. The molecular weight excluding hydrogens is 1440 g/mol. The smallest absolute Gasteiger partial charge is 0.219 e. The zero-order valence-electron chi connectivity index (χ0n) is 65.5. The van der Waals surface area contributed by atoms with Crippen molar-refractivity contribution in [3.8, 4) is 0 Å². The molecule has 0 bridgehead atoms. The summed E-state index contributed by atoms with van der Waals surface area (Å²) in [4.78, 5) is 50.3. The van der Waals surface area contributed by atoms with Crippen LogP contribution in [0.5, 0.6) is 0 Å². The van der Waals surface area contributed by atoms with Crippen molar-refractivity contribution in [1.29, 1.82) is 0 Å². The predicted molar refractivity (Wildman–Crippen MR) is 440 cm³/mol. The monoisotopic (exact) mass is 1550 g/mol. The average Bonchev–Trinajstić information content (AvgIpc) is 1.63. The van der Waals surface area contributed by atoms with Crippen LogP contribution in [0.3, 0.4) is 0 Å². The van der Waals surface area contributed by atoms with Crippen molar-refractivity contribution in [3.63, 3.8) is 0 Å². The normalized spacial score (nSPS) is 20.8. The first-order chi connectivity index (χ1) is 51.9. The largest absolute Gasteiger partial charge is 0.395 e. The Hall–Kier alpha value is -7.73. The minimum Gasteiger partial charge on any atom is -0.395 e. The molecule has 0 aliphatic carbocycles. The van der Waals surface area contributed by atoms with E-state index in [1.165, 1.54) is 72.4 Å². The van der Waals surface area contributed by atoms with Gasteiger partial charge in [-0.3, -0.25) is 9.59 Å². The first-order valence-corrected chi connectivity index (χ1v) is 43.8. The van der Waals surface area contributed by atoms with E-state index >= 15 is 0 Å². The lowest BCUT2D eigenvalue weighted by Crippen LogP contribution is -2.49. The summed E-state index contributed by atoms with van der Waals surface area (Å²) in [5, 5.41) is 26.1. The van der Waals surface area contributed by atoms with Gasteiger partial charge < -0.3 is 59.6 Å². The number of piperidine rings is 5. The van der Waals surface area contributed by atoms with Gasteiger partial charge in [0.25, 0.3) is 0 Å². The van der Waals surface area contributed by atoms with Crippen molar-refractivity contribution in [2.45, 2.75) is 118 Å². The van der Waals surface area contributed by atoms with Gasteiger partial charge in [0.15, 0.2) is 0 Å². The summed E-state index contributed by atoms with van der Waals surface area (Å²) < 4.78 is 75.9. The highest BCUT2D eigenvalue weighted by Gasteiger charge is 2.43. The summed E-state index contributed by atoms with van der Waals surface area (Å²) in [6.45, 7) is 11.1. The third-order valence-corrected chi connectivity index (χ3v) is 27.6. The van der Waals surface area contributed by atoms with Crippen LogP contribution in [-0.2, 0) is 55.9 Å². The number of aromatic amines is 5. The van der Waals surface area contributed by atoms with Crippen LogP contribution in [0.1, 0.15) is 118 Å². The van der Waals surface area contributed by atoms with E-state index in [1.807, 2.05) is 84.8 Å². The highest BCUT2D eigenvalue weighted by molar-refractivity contribution is 7.88. The van der Waals surface area contributed by atoms with Crippen LogP contribution < -0.4 is 0 Å².